The molecule has 0 amide bonds. The summed E-state index contributed by atoms with van der Waals surface area (Å²) in [6.07, 6.45) is 4.46. The zero-order valence-electron chi connectivity index (χ0n) is 11.1. The second-order valence-corrected chi connectivity index (χ2v) is 4.97. The molecular formula is C15H23NO. The van der Waals surface area contributed by atoms with Gasteiger partial charge in [0.1, 0.15) is 11.4 Å². The molecule has 1 aromatic carbocycles. The van der Waals surface area contributed by atoms with Crippen molar-refractivity contribution in [2.24, 2.45) is 0 Å². The van der Waals surface area contributed by atoms with E-state index in [1.165, 1.54) is 12.0 Å². The second kappa shape index (κ2) is 5.09. The Kier molecular flexibility index (Phi) is 3.72. The molecule has 0 aliphatic carbocycles. The van der Waals surface area contributed by atoms with Crippen LogP contribution >= 0.6 is 0 Å². The standard InChI is InChI=1S/C15H23NO/c1-4-10-15(5-2)11-13(16-3)12-8-6-7-9-14(12)17-15/h6-9,13,16H,4-5,10-11H2,1-3H3. The summed E-state index contributed by atoms with van der Waals surface area (Å²) in [7, 11) is 2.04. The van der Waals surface area contributed by atoms with Crippen LogP contribution in [0.5, 0.6) is 5.75 Å². The number of benzene rings is 1. The van der Waals surface area contributed by atoms with Crippen LogP contribution in [0.25, 0.3) is 0 Å². The molecule has 1 aliphatic heterocycles. The van der Waals surface area contributed by atoms with E-state index in [9.17, 15) is 0 Å². The second-order valence-electron chi connectivity index (χ2n) is 4.97. The highest BCUT2D eigenvalue weighted by Gasteiger charge is 2.38. The average molecular weight is 233 g/mol. The molecule has 1 N–H and O–H groups in total. The Morgan fingerprint density at radius 2 is 2.12 bits per heavy atom. The molecule has 0 spiro atoms. The van der Waals surface area contributed by atoms with Crippen LogP contribution in [-0.2, 0) is 0 Å². The molecular weight excluding hydrogens is 210 g/mol. The topological polar surface area (TPSA) is 21.3 Å². The Hall–Kier alpha value is -1.02. The van der Waals surface area contributed by atoms with Gasteiger partial charge in [0.15, 0.2) is 0 Å². The number of para-hydroxylation sites is 1. The number of hydrogen-bond acceptors (Lipinski definition) is 2. The molecule has 1 aliphatic rings. The quantitative estimate of drug-likeness (QED) is 0.856. The maximum atomic E-state index is 6.30. The van der Waals surface area contributed by atoms with Gasteiger partial charge >= 0.3 is 0 Å². The molecule has 2 unspecified atom stereocenters. The molecule has 0 fully saturated rings. The zero-order valence-corrected chi connectivity index (χ0v) is 11.1. The van der Waals surface area contributed by atoms with Gasteiger partial charge in [-0.2, -0.15) is 0 Å². The van der Waals surface area contributed by atoms with Crippen molar-refractivity contribution >= 4 is 0 Å². The van der Waals surface area contributed by atoms with E-state index in [2.05, 4.69) is 43.4 Å². The predicted octanol–water partition coefficient (Wildman–Crippen LogP) is 3.68. The fourth-order valence-electron chi connectivity index (χ4n) is 2.88. The van der Waals surface area contributed by atoms with Crippen LogP contribution in [-0.4, -0.2) is 12.6 Å². The highest BCUT2D eigenvalue weighted by molar-refractivity contribution is 5.38. The first-order valence-corrected chi connectivity index (χ1v) is 6.70. The predicted molar refractivity (Wildman–Crippen MR) is 71.4 cm³/mol. The van der Waals surface area contributed by atoms with Crippen LogP contribution in [0.1, 0.15) is 51.1 Å². The van der Waals surface area contributed by atoms with Gasteiger partial charge in [0.2, 0.25) is 0 Å². The summed E-state index contributed by atoms with van der Waals surface area (Å²) in [4.78, 5) is 0. The maximum absolute atomic E-state index is 6.30. The lowest BCUT2D eigenvalue weighted by Gasteiger charge is -2.42. The summed E-state index contributed by atoms with van der Waals surface area (Å²) < 4.78 is 6.30. The van der Waals surface area contributed by atoms with E-state index in [1.807, 2.05) is 7.05 Å². The van der Waals surface area contributed by atoms with E-state index in [1.54, 1.807) is 0 Å². The van der Waals surface area contributed by atoms with Crippen LogP contribution in [0.15, 0.2) is 24.3 Å². The van der Waals surface area contributed by atoms with Gasteiger partial charge in [-0.25, -0.2) is 0 Å². The van der Waals surface area contributed by atoms with E-state index in [-0.39, 0.29) is 5.60 Å². The fraction of sp³-hybridized carbons (Fsp3) is 0.600. The normalized spacial score (nSPS) is 27.4. The highest BCUT2D eigenvalue weighted by Crippen LogP contribution is 2.42. The van der Waals surface area contributed by atoms with Crippen LogP contribution in [0.2, 0.25) is 0 Å². The molecule has 0 aromatic heterocycles. The van der Waals surface area contributed by atoms with Crippen molar-refractivity contribution < 1.29 is 4.74 Å². The third-order valence-electron chi connectivity index (χ3n) is 3.90. The van der Waals surface area contributed by atoms with Gasteiger partial charge in [0.25, 0.3) is 0 Å². The minimum atomic E-state index is 0.0246. The first kappa shape index (κ1) is 12.4. The van der Waals surface area contributed by atoms with Crippen LogP contribution < -0.4 is 10.1 Å². The monoisotopic (exact) mass is 233 g/mol. The SMILES string of the molecule is CCCC1(CC)CC(NC)c2ccccc2O1. The molecule has 2 heteroatoms. The lowest BCUT2D eigenvalue weighted by molar-refractivity contribution is 0.0188. The first-order valence-electron chi connectivity index (χ1n) is 6.70. The Balaban J connectivity index is 2.34. The third kappa shape index (κ3) is 2.32. The van der Waals surface area contributed by atoms with Gasteiger partial charge in [-0.1, -0.05) is 38.5 Å². The Morgan fingerprint density at radius 1 is 1.35 bits per heavy atom. The average Bonchev–Trinajstić information content (AvgIpc) is 2.38. The van der Waals surface area contributed by atoms with Crippen molar-refractivity contribution in [1.82, 2.24) is 5.32 Å². The Morgan fingerprint density at radius 3 is 2.76 bits per heavy atom. The minimum absolute atomic E-state index is 0.0246. The largest absolute Gasteiger partial charge is 0.487 e. The van der Waals surface area contributed by atoms with Crippen molar-refractivity contribution in [3.63, 3.8) is 0 Å². The summed E-state index contributed by atoms with van der Waals surface area (Å²) in [6, 6.07) is 8.83. The van der Waals surface area contributed by atoms with Crippen molar-refractivity contribution in [2.75, 3.05) is 7.05 Å². The molecule has 0 radical (unpaired) electrons. The number of fused-ring (bicyclic) bond motifs is 1. The summed E-state index contributed by atoms with van der Waals surface area (Å²) in [5, 5.41) is 3.43. The molecule has 17 heavy (non-hydrogen) atoms. The molecule has 2 nitrogen and oxygen atoms in total. The van der Waals surface area contributed by atoms with Crippen molar-refractivity contribution in [2.45, 2.75) is 51.2 Å². The fourth-order valence-corrected chi connectivity index (χ4v) is 2.88. The molecule has 0 saturated carbocycles. The van der Waals surface area contributed by atoms with Gasteiger partial charge in [-0.15, -0.1) is 0 Å². The van der Waals surface area contributed by atoms with Crippen LogP contribution in [0.3, 0.4) is 0 Å². The molecule has 2 atom stereocenters. The highest BCUT2D eigenvalue weighted by atomic mass is 16.5. The molecule has 2 rings (SSSR count). The smallest absolute Gasteiger partial charge is 0.124 e. The summed E-state index contributed by atoms with van der Waals surface area (Å²) >= 11 is 0. The van der Waals surface area contributed by atoms with E-state index < -0.39 is 0 Å². The Bertz CT molecular complexity index is 377. The molecule has 1 aromatic rings. The number of ether oxygens (including phenoxy) is 1. The van der Waals surface area contributed by atoms with Gasteiger partial charge in [0.05, 0.1) is 0 Å². The summed E-state index contributed by atoms with van der Waals surface area (Å²) in [5.74, 6) is 1.06. The van der Waals surface area contributed by atoms with E-state index >= 15 is 0 Å². The van der Waals surface area contributed by atoms with Crippen molar-refractivity contribution in [3.8, 4) is 5.75 Å². The van der Waals surface area contributed by atoms with E-state index in [4.69, 9.17) is 4.74 Å². The minimum Gasteiger partial charge on any atom is -0.487 e. The van der Waals surface area contributed by atoms with Crippen molar-refractivity contribution in [3.05, 3.63) is 29.8 Å². The lowest BCUT2D eigenvalue weighted by atomic mass is 9.82. The van der Waals surface area contributed by atoms with Gasteiger partial charge in [-0.05, 0) is 26.0 Å². The van der Waals surface area contributed by atoms with Gasteiger partial charge in [-0.3, -0.25) is 0 Å². The number of rotatable bonds is 4. The number of hydrogen-bond donors (Lipinski definition) is 1. The summed E-state index contributed by atoms with van der Waals surface area (Å²) in [6.45, 7) is 4.46. The molecule has 1 heterocycles. The molecule has 94 valence electrons. The lowest BCUT2D eigenvalue weighted by Crippen LogP contribution is -2.43. The van der Waals surface area contributed by atoms with Gasteiger partial charge in [0, 0.05) is 18.0 Å². The first-order chi connectivity index (χ1) is 8.24. The third-order valence-corrected chi connectivity index (χ3v) is 3.90. The van der Waals surface area contributed by atoms with E-state index in [0.717, 1.165) is 25.0 Å². The van der Waals surface area contributed by atoms with Crippen LogP contribution in [0, 0.1) is 0 Å². The molecule has 0 saturated heterocycles. The van der Waals surface area contributed by atoms with Crippen molar-refractivity contribution in [1.29, 1.82) is 0 Å². The van der Waals surface area contributed by atoms with Gasteiger partial charge < -0.3 is 10.1 Å². The number of nitrogens with one attached hydrogen (secondary N) is 1. The van der Waals surface area contributed by atoms with Crippen LogP contribution in [0.4, 0.5) is 0 Å². The van der Waals surface area contributed by atoms with E-state index in [0.29, 0.717) is 6.04 Å². The molecule has 0 bridgehead atoms. The Labute approximate surface area is 104 Å². The summed E-state index contributed by atoms with van der Waals surface area (Å²) in [5.41, 5.74) is 1.33. The maximum Gasteiger partial charge on any atom is 0.124 e. The zero-order chi connectivity index (χ0) is 12.3.